The highest BCUT2D eigenvalue weighted by molar-refractivity contribution is 5.69. The van der Waals surface area contributed by atoms with Crippen molar-refractivity contribution in [1.82, 2.24) is 24.8 Å². The lowest BCUT2D eigenvalue weighted by Crippen LogP contribution is -2.08. The first-order valence-electron chi connectivity index (χ1n) is 6.28. The summed E-state index contributed by atoms with van der Waals surface area (Å²) in [6.07, 6.45) is 2.45. The first-order valence-corrected chi connectivity index (χ1v) is 6.28. The third-order valence-corrected chi connectivity index (χ3v) is 2.82. The molecular weight excluding hydrogens is 246 g/mol. The number of nitrogens with zero attached hydrogens (tertiary/aromatic N) is 5. The number of aromatic nitrogens is 5. The van der Waals surface area contributed by atoms with Gasteiger partial charge in [0.15, 0.2) is 0 Å². The largest absolute Gasteiger partial charge is 0.481 e. The molecule has 2 aromatic rings. The van der Waals surface area contributed by atoms with Crippen LogP contribution < -0.4 is 0 Å². The summed E-state index contributed by atoms with van der Waals surface area (Å²) in [6, 6.07) is 2.04. The van der Waals surface area contributed by atoms with Gasteiger partial charge < -0.3 is 5.11 Å². The van der Waals surface area contributed by atoms with E-state index in [1.165, 1.54) is 0 Å². The van der Waals surface area contributed by atoms with E-state index in [0.29, 0.717) is 12.2 Å². The van der Waals surface area contributed by atoms with Gasteiger partial charge in [0.05, 0.1) is 30.0 Å². The van der Waals surface area contributed by atoms with Crippen LogP contribution in [0.1, 0.15) is 30.9 Å². The van der Waals surface area contributed by atoms with Crippen molar-refractivity contribution in [2.75, 3.05) is 0 Å². The molecule has 7 nitrogen and oxygen atoms in total. The maximum absolute atomic E-state index is 10.6. The SMILES string of the molecule is CCc1cc(Cn2cc(CC(=O)O)nn2)n(CC)n1. The highest BCUT2D eigenvalue weighted by Crippen LogP contribution is 2.08. The molecule has 0 radical (unpaired) electrons. The molecule has 0 aliphatic rings. The minimum Gasteiger partial charge on any atom is -0.481 e. The Bertz CT molecular complexity index is 572. The molecule has 0 aliphatic heterocycles. The number of carboxylic acid groups (broad SMARTS) is 1. The zero-order valence-electron chi connectivity index (χ0n) is 11.1. The molecule has 2 aromatic heterocycles. The van der Waals surface area contributed by atoms with E-state index in [0.717, 1.165) is 24.4 Å². The standard InChI is InChI=1S/C12H17N5O2/c1-3-9-5-11(17(4-2)14-9)8-16-7-10(13-15-16)6-12(18)19/h5,7H,3-4,6,8H2,1-2H3,(H,18,19). The number of carbonyl (C=O) groups is 1. The van der Waals surface area contributed by atoms with Crippen molar-refractivity contribution in [2.45, 2.75) is 39.8 Å². The fraction of sp³-hybridized carbons (Fsp3) is 0.500. The van der Waals surface area contributed by atoms with Crippen LogP contribution in [0, 0.1) is 0 Å². The number of aryl methyl sites for hydroxylation is 2. The molecule has 0 aromatic carbocycles. The number of carboxylic acids is 1. The van der Waals surface area contributed by atoms with E-state index >= 15 is 0 Å². The van der Waals surface area contributed by atoms with Crippen molar-refractivity contribution >= 4 is 5.97 Å². The quantitative estimate of drug-likeness (QED) is 0.830. The fourth-order valence-corrected chi connectivity index (χ4v) is 1.91. The number of aliphatic carboxylic acids is 1. The van der Waals surface area contributed by atoms with E-state index in [2.05, 4.69) is 22.3 Å². The summed E-state index contributed by atoms with van der Waals surface area (Å²) >= 11 is 0. The molecule has 0 bridgehead atoms. The maximum atomic E-state index is 10.6. The van der Waals surface area contributed by atoms with Gasteiger partial charge in [0.1, 0.15) is 0 Å². The molecule has 0 fully saturated rings. The van der Waals surface area contributed by atoms with Crippen LogP contribution in [-0.4, -0.2) is 35.9 Å². The molecule has 7 heteroatoms. The van der Waals surface area contributed by atoms with Crippen LogP contribution in [0.15, 0.2) is 12.3 Å². The van der Waals surface area contributed by atoms with E-state index in [-0.39, 0.29) is 6.42 Å². The molecule has 0 aliphatic carbocycles. The zero-order chi connectivity index (χ0) is 13.8. The number of hydrogen-bond donors (Lipinski definition) is 1. The molecule has 2 heterocycles. The normalized spacial score (nSPS) is 10.8. The summed E-state index contributed by atoms with van der Waals surface area (Å²) in [5.41, 5.74) is 2.56. The van der Waals surface area contributed by atoms with Gasteiger partial charge in [-0.05, 0) is 19.4 Å². The molecule has 0 saturated heterocycles. The van der Waals surface area contributed by atoms with E-state index in [9.17, 15) is 4.79 Å². The molecule has 1 N–H and O–H groups in total. The molecule has 0 saturated carbocycles. The van der Waals surface area contributed by atoms with Gasteiger partial charge in [0.2, 0.25) is 0 Å². The van der Waals surface area contributed by atoms with Gasteiger partial charge in [0, 0.05) is 12.7 Å². The predicted octanol–water partition coefficient (Wildman–Crippen LogP) is 0.732. The first kappa shape index (κ1) is 13.3. The Kier molecular flexibility index (Phi) is 3.94. The Labute approximate surface area is 110 Å². The van der Waals surface area contributed by atoms with Gasteiger partial charge in [0.25, 0.3) is 0 Å². The second kappa shape index (κ2) is 5.64. The van der Waals surface area contributed by atoms with Crippen LogP contribution >= 0.6 is 0 Å². The van der Waals surface area contributed by atoms with Crippen LogP contribution in [0.2, 0.25) is 0 Å². The number of rotatable bonds is 6. The summed E-state index contributed by atoms with van der Waals surface area (Å²) < 4.78 is 3.57. The van der Waals surface area contributed by atoms with E-state index in [1.54, 1.807) is 10.9 Å². The molecule has 0 spiro atoms. The van der Waals surface area contributed by atoms with Crippen LogP contribution in [0.5, 0.6) is 0 Å². The van der Waals surface area contributed by atoms with Gasteiger partial charge >= 0.3 is 5.97 Å². The summed E-state index contributed by atoms with van der Waals surface area (Å²) in [6.45, 7) is 5.44. The third kappa shape index (κ3) is 3.18. The molecule has 0 unspecified atom stereocenters. The van der Waals surface area contributed by atoms with Gasteiger partial charge in [-0.2, -0.15) is 5.10 Å². The topological polar surface area (TPSA) is 85.8 Å². The van der Waals surface area contributed by atoms with Gasteiger partial charge in [-0.25, -0.2) is 4.68 Å². The lowest BCUT2D eigenvalue weighted by Gasteiger charge is -2.03. The second-order valence-corrected chi connectivity index (χ2v) is 4.27. The monoisotopic (exact) mass is 263 g/mol. The van der Waals surface area contributed by atoms with Gasteiger partial charge in [-0.3, -0.25) is 9.48 Å². The van der Waals surface area contributed by atoms with E-state index in [4.69, 9.17) is 5.11 Å². The lowest BCUT2D eigenvalue weighted by molar-refractivity contribution is -0.136. The maximum Gasteiger partial charge on any atom is 0.309 e. The average Bonchev–Trinajstić information content (AvgIpc) is 2.96. The van der Waals surface area contributed by atoms with Crippen molar-refractivity contribution in [3.63, 3.8) is 0 Å². The van der Waals surface area contributed by atoms with Crippen molar-refractivity contribution in [1.29, 1.82) is 0 Å². The van der Waals surface area contributed by atoms with Gasteiger partial charge in [-0.1, -0.05) is 12.1 Å². The Morgan fingerprint density at radius 2 is 2.16 bits per heavy atom. The van der Waals surface area contributed by atoms with E-state index in [1.807, 2.05) is 17.7 Å². The van der Waals surface area contributed by atoms with Crippen LogP contribution in [0.25, 0.3) is 0 Å². The Morgan fingerprint density at radius 3 is 2.79 bits per heavy atom. The van der Waals surface area contributed by atoms with Crippen molar-refractivity contribution in [2.24, 2.45) is 0 Å². The molecular formula is C12H17N5O2. The minimum atomic E-state index is -0.904. The van der Waals surface area contributed by atoms with Crippen molar-refractivity contribution in [3.05, 3.63) is 29.3 Å². The third-order valence-electron chi connectivity index (χ3n) is 2.82. The highest BCUT2D eigenvalue weighted by Gasteiger charge is 2.09. The summed E-state index contributed by atoms with van der Waals surface area (Å²) in [7, 11) is 0. The minimum absolute atomic E-state index is 0.104. The van der Waals surface area contributed by atoms with Crippen molar-refractivity contribution < 1.29 is 9.90 Å². The smallest absolute Gasteiger partial charge is 0.309 e. The molecule has 19 heavy (non-hydrogen) atoms. The summed E-state index contributed by atoms with van der Waals surface area (Å²) in [5, 5.41) is 20.9. The fourth-order valence-electron chi connectivity index (χ4n) is 1.91. The summed E-state index contributed by atoms with van der Waals surface area (Å²) in [4.78, 5) is 10.6. The predicted molar refractivity (Wildman–Crippen MR) is 67.7 cm³/mol. The number of hydrogen-bond acceptors (Lipinski definition) is 4. The van der Waals surface area contributed by atoms with Gasteiger partial charge in [-0.15, -0.1) is 5.10 Å². The molecule has 0 amide bonds. The Balaban J connectivity index is 2.14. The van der Waals surface area contributed by atoms with Crippen LogP contribution in [0.3, 0.4) is 0 Å². The van der Waals surface area contributed by atoms with Crippen LogP contribution in [-0.2, 0) is 30.7 Å². The van der Waals surface area contributed by atoms with Crippen LogP contribution in [0.4, 0.5) is 0 Å². The molecule has 2 rings (SSSR count). The molecule has 102 valence electrons. The highest BCUT2D eigenvalue weighted by atomic mass is 16.4. The van der Waals surface area contributed by atoms with Crippen molar-refractivity contribution in [3.8, 4) is 0 Å². The lowest BCUT2D eigenvalue weighted by atomic mass is 10.3. The average molecular weight is 263 g/mol. The van der Waals surface area contributed by atoms with E-state index < -0.39 is 5.97 Å². The zero-order valence-corrected chi connectivity index (χ0v) is 11.1. The first-order chi connectivity index (χ1) is 9.12. The molecule has 0 atom stereocenters. The second-order valence-electron chi connectivity index (χ2n) is 4.27. The Hall–Kier alpha value is -2.18. The Morgan fingerprint density at radius 1 is 1.37 bits per heavy atom. The summed E-state index contributed by atoms with van der Waals surface area (Å²) in [5.74, 6) is -0.904.